The summed E-state index contributed by atoms with van der Waals surface area (Å²) in [6.45, 7) is 14.4. The Kier molecular flexibility index (Phi) is 7.71. The van der Waals surface area contributed by atoms with E-state index < -0.39 is 0 Å². The summed E-state index contributed by atoms with van der Waals surface area (Å²) in [5.74, 6) is 0.347. The molecule has 0 N–H and O–H groups in total. The molecule has 4 aliphatic rings. The maximum absolute atomic E-state index is 2.57. The summed E-state index contributed by atoms with van der Waals surface area (Å²) in [5, 5.41) is 2.56. The van der Waals surface area contributed by atoms with Crippen LogP contribution in [-0.2, 0) is 10.8 Å². The highest BCUT2D eigenvalue weighted by Crippen LogP contribution is 2.59. The fourth-order valence-corrected chi connectivity index (χ4v) is 12.4. The highest BCUT2D eigenvalue weighted by molar-refractivity contribution is 6.10. The molecule has 13 rings (SSSR count). The number of nitrogens with zero attached hydrogens (tertiary/aromatic N) is 2. The van der Waals surface area contributed by atoms with E-state index in [1.165, 1.54) is 122 Å². The van der Waals surface area contributed by atoms with Crippen molar-refractivity contribution in [3.05, 3.63) is 221 Å². The number of para-hydroxylation sites is 3. The molecule has 1 aliphatic heterocycles. The van der Waals surface area contributed by atoms with E-state index in [0.29, 0.717) is 5.92 Å². The van der Waals surface area contributed by atoms with Gasteiger partial charge in [0.15, 0.2) is 0 Å². The van der Waals surface area contributed by atoms with Gasteiger partial charge in [-0.2, -0.15) is 0 Å². The summed E-state index contributed by atoms with van der Waals surface area (Å²) in [5.41, 5.74) is 26.3. The Morgan fingerprint density at radius 3 is 1.64 bits per heavy atom. The normalized spacial score (nSPS) is 17.9. The Balaban J connectivity index is 0.901. The van der Waals surface area contributed by atoms with E-state index in [1.54, 1.807) is 0 Å². The highest BCUT2D eigenvalue weighted by atomic mass is 15.2. The molecule has 0 radical (unpaired) electrons. The van der Waals surface area contributed by atoms with Crippen molar-refractivity contribution < 1.29 is 0 Å². The Bertz CT molecular complexity index is 3520. The minimum atomic E-state index is -0.166. The summed E-state index contributed by atoms with van der Waals surface area (Å²) in [4.78, 5) is 2.54. The molecule has 9 aromatic rings. The van der Waals surface area contributed by atoms with Crippen LogP contribution in [0.1, 0.15) is 72.6 Å². The second kappa shape index (κ2) is 13.2. The van der Waals surface area contributed by atoms with Gasteiger partial charge < -0.3 is 9.47 Å². The molecule has 2 heterocycles. The summed E-state index contributed by atoms with van der Waals surface area (Å²) in [7, 11) is 0. The lowest BCUT2D eigenvalue weighted by Crippen LogP contribution is -2.28. The van der Waals surface area contributed by atoms with E-state index in [9.17, 15) is 0 Å². The fraction of sp³-hybridized carbons (Fsp3) is 0.161. The molecule has 2 atom stereocenters. The van der Waals surface area contributed by atoms with E-state index in [0.717, 1.165) is 0 Å². The zero-order valence-corrected chi connectivity index (χ0v) is 37.4. The minimum Gasteiger partial charge on any atom is -0.333 e. The Morgan fingerprint density at radius 1 is 0.438 bits per heavy atom. The van der Waals surface area contributed by atoms with Crippen molar-refractivity contribution in [2.75, 3.05) is 4.90 Å². The van der Waals surface area contributed by atoms with Crippen molar-refractivity contribution >= 4 is 33.2 Å². The Labute approximate surface area is 376 Å². The van der Waals surface area contributed by atoms with Gasteiger partial charge in [0.1, 0.15) is 0 Å². The monoisotopic (exact) mass is 822 g/mol. The number of hydrogen-bond acceptors (Lipinski definition) is 1. The molecule has 64 heavy (non-hydrogen) atoms. The second-order valence-corrected chi connectivity index (χ2v) is 19.8. The molecular weight excluding hydrogens is 773 g/mol. The lowest BCUT2D eigenvalue weighted by atomic mass is 9.79. The molecule has 8 aromatic carbocycles. The molecule has 0 saturated heterocycles. The topological polar surface area (TPSA) is 8.17 Å². The number of aryl methyl sites for hydroxylation is 2. The average Bonchev–Trinajstić information content (AvgIpc) is 3.97. The van der Waals surface area contributed by atoms with E-state index >= 15 is 0 Å². The quantitative estimate of drug-likeness (QED) is 0.172. The predicted molar refractivity (Wildman–Crippen MR) is 270 cm³/mol. The summed E-state index contributed by atoms with van der Waals surface area (Å²) in [6, 6.07) is 60.1. The first kappa shape index (κ1) is 37.4. The number of anilines is 2. The molecule has 308 valence electrons. The number of fused-ring (bicyclic) bond motifs is 12. The lowest BCUT2D eigenvalue weighted by molar-refractivity contribution is 0.652. The van der Waals surface area contributed by atoms with Gasteiger partial charge in [-0.05, 0) is 164 Å². The molecule has 2 unspecified atom stereocenters. The van der Waals surface area contributed by atoms with Crippen LogP contribution in [-0.4, -0.2) is 10.6 Å². The molecule has 0 fully saturated rings. The molecule has 0 spiro atoms. The SMILES string of the molecule is Cc1cc(-c2ccc3c(c2)N(c2ccccc2)C2C=CC=CC32)cc2c1-c1cc3c(cc1C2(C)C)-c1c(C)cc(-c2ccc4c5ccccc5n(-c5ccccc5)c4c2)cc1C3(C)C. The van der Waals surface area contributed by atoms with Crippen LogP contribution in [0.5, 0.6) is 0 Å². The number of aromatic nitrogens is 1. The predicted octanol–water partition coefficient (Wildman–Crippen LogP) is 16.1. The van der Waals surface area contributed by atoms with Crippen molar-refractivity contribution in [3.63, 3.8) is 0 Å². The maximum atomic E-state index is 2.57. The highest BCUT2D eigenvalue weighted by Gasteiger charge is 2.43. The number of benzene rings is 8. The van der Waals surface area contributed by atoms with Crippen molar-refractivity contribution in [2.45, 2.75) is 64.3 Å². The first-order valence-electron chi connectivity index (χ1n) is 23.0. The van der Waals surface area contributed by atoms with Gasteiger partial charge in [-0.15, -0.1) is 0 Å². The van der Waals surface area contributed by atoms with E-state index in [2.05, 4.69) is 233 Å². The van der Waals surface area contributed by atoms with Crippen LogP contribution in [0.4, 0.5) is 11.4 Å². The minimum absolute atomic E-state index is 0.162. The molecule has 3 aliphatic carbocycles. The van der Waals surface area contributed by atoms with Gasteiger partial charge in [0.05, 0.1) is 17.1 Å². The van der Waals surface area contributed by atoms with Gasteiger partial charge in [0.2, 0.25) is 0 Å². The van der Waals surface area contributed by atoms with Gasteiger partial charge in [0, 0.05) is 44.6 Å². The van der Waals surface area contributed by atoms with Crippen LogP contribution in [0.15, 0.2) is 182 Å². The van der Waals surface area contributed by atoms with Crippen LogP contribution in [0, 0.1) is 13.8 Å². The van der Waals surface area contributed by atoms with Crippen LogP contribution in [0.3, 0.4) is 0 Å². The largest absolute Gasteiger partial charge is 0.333 e. The van der Waals surface area contributed by atoms with Gasteiger partial charge in [-0.3, -0.25) is 0 Å². The zero-order valence-electron chi connectivity index (χ0n) is 37.4. The molecule has 0 saturated carbocycles. The van der Waals surface area contributed by atoms with Crippen LogP contribution < -0.4 is 4.90 Å². The van der Waals surface area contributed by atoms with Crippen LogP contribution >= 0.6 is 0 Å². The maximum Gasteiger partial charge on any atom is 0.0629 e. The zero-order chi connectivity index (χ0) is 43.2. The molecule has 2 heteroatoms. The van der Waals surface area contributed by atoms with Gasteiger partial charge in [-0.25, -0.2) is 0 Å². The van der Waals surface area contributed by atoms with Gasteiger partial charge in [0.25, 0.3) is 0 Å². The van der Waals surface area contributed by atoms with Crippen LogP contribution in [0.2, 0.25) is 0 Å². The third kappa shape index (κ3) is 5.08. The molecule has 0 bridgehead atoms. The molecule has 1 aromatic heterocycles. The third-order valence-electron chi connectivity index (χ3n) is 15.5. The average molecular weight is 823 g/mol. The van der Waals surface area contributed by atoms with Crippen molar-refractivity contribution in [3.8, 4) is 50.2 Å². The van der Waals surface area contributed by atoms with Crippen molar-refractivity contribution in [1.29, 1.82) is 0 Å². The van der Waals surface area contributed by atoms with Gasteiger partial charge in [-0.1, -0.05) is 143 Å². The molecule has 0 amide bonds. The smallest absolute Gasteiger partial charge is 0.0629 e. The van der Waals surface area contributed by atoms with Crippen molar-refractivity contribution in [2.24, 2.45) is 0 Å². The molecular formula is C62H50N2. The first-order valence-corrected chi connectivity index (χ1v) is 23.0. The summed E-state index contributed by atoms with van der Waals surface area (Å²) >= 11 is 0. The summed E-state index contributed by atoms with van der Waals surface area (Å²) < 4.78 is 2.42. The Morgan fingerprint density at radius 2 is 0.984 bits per heavy atom. The number of hydrogen-bond donors (Lipinski definition) is 0. The van der Waals surface area contributed by atoms with Crippen LogP contribution in [0.25, 0.3) is 72.0 Å². The standard InChI is InChI=1S/C62H50N2/c1-37-29-41(39-25-27-47-45-21-13-15-23-55(45)63(57(47)33-39)43-17-9-7-10-18-43)31-53-59(37)49-35-52-50(36-51(49)61(53,3)4)60-38(2)30-42(32-54(60)62(52,5)6)40-26-28-48-46-22-14-16-24-56(46)64(58(48)34-40)44-19-11-8-12-20-44/h7-36,45,55H,1-6H3. The Hall–Kier alpha value is -7.16. The van der Waals surface area contributed by atoms with E-state index in [1.807, 2.05) is 0 Å². The van der Waals surface area contributed by atoms with Gasteiger partial charge >= 0.3 is 0 Å². The number of rotatable bonds is 4. The molecule has 2 nitrogen and oxygen atoms in total. The first-order chi connectivity index (χ1) is 31.1. The fourth-order valence-electron chi connectivity index (χ4n) is 12.4. The van der Waals surface area contributed by atoms with E-state index in [-0.39, 0.29) is 16.9 Å². The third-order valence-corrected chi connectivity index (χ3v) is 15.5. The summed E-state index contributed by atoms with van der Waals surface area (Å²) in [6.07, 6.45) is 9.14. The second-order valence-electron chi connectivity index (χ2n) is 19.8. The van der Waals surface area contributed by atoms with Crippen molar-refractivity contribution in [1.82, 2.24) is 4.57 Å². The van der Waals surface area contributed by atoms with E-state index in [4.69, 9.17) is 0 Å². The number of allylic oxidation sites excluding steroid dienone is 2. The lowest BCUT2D eigenvalue weighted by Gasteiger charge is -2.28.